The first kappa shape index (κ1) is 46.5. The van der Waals surface area contributed by atoms with Crippen molar-refractivity contribution in [3.63, 3.8) is 0 Å². The van der Waals surface area contributed by atoms with Crippen molar-refractivity contribution in [1.29, 1.82) is 0 Å². The Morgan fingerprint density at radius 1 is 0.411 bits per heavy atom. The minimum absolute atomic E-state index is 0.0216. The maximum absolute atomic E-state index is 2.74. The van der Waals surface area contributed by atoms with Crippen LogP contribution in [0.3, 0.4) is 0 Å². The maximum atomic E-state index is 2.74. The van der Waals surface area contributed by atoms with E-state index >= 15 is 0 Å². The van der Waals surface area contributed by atoms with Gasteiger partial charge in [0.15, 0.2) is 0 Å². The van der Waals surface area contributed by atoms with Crippen molar-refractivity contribution < 1.29 is 0 Å². The van der Waals surface area contributed by atoms with E-state index in [1.807, 2.05) is 0 Å². The average molecular weight is 948 g/mol. The molecule has 1 aromatic heterocycles. The minimum atomic E-state index is -0.152. The van der Waals surface area contributed by atoms with Gasteiger partial charge >= 0.3 is 6.85 Å². The van der Waals surface area contributed by atoms with Crippen LogP contribution < -0.4 is 20.7 Å². The highest BCUT2D eigenvalue weighted by molar-refractivity contribution is 6.90. The molecule has 73 heavy (non-hydrogen) atoms. The zero-order chi connectivity index (χ0) is 50.9. The summed E-state index contributed by atoms with van der Waals surface area (Å²) in [6, 6.07) is 69.5. The second kappa shape index (κ2) is 16.8. The van der Waals surface area contributed by atoms with Crippen LogP contribution in [0.2, 0.25) is 0 Å². The molecule has 3 heterocycles. The predicted molar refractivity (Wildman–Crippen MR) is 316 cm³/mol. The van der Waals surface area contributed by atoms with Gasteiger partial charge in [-0.15, -0.1) is 0 Å². The molecule has 0 amide bonds. The molecule has 3 nitrogen and oxygen atoms in total. The lowest BCUT2D eigenvalue weighted by Crippen LogP contribution is -2.56. The molecule has 0 saturated heterocycles. The van der Waals surface area contributed by atoms with Crippen LogP contribution in [-0.4, -0.2) is 11.3 Å². The molecule has 2 aliphatic heterocycles. The molecule has 4 heteroatoms. The monoisotopic (exact) mass is 948 g/mol. The molecule has 0 unspecified atom stereocenters. The van der Waals surface area contributed by atoms with Gasteiger partial charge in [0.25, 0.3) is 0 Å². The van der Waals surface area contributed by atoms with Crippen LogP contribution in [0.15, 0.2) is 182 Å². The van der Waals surface area contributed by atoms with Gasteiger partial charge in [-0.2, -0.15) is 0 Å². The first-order chi connectivity index (χ1) is 34.8. The Morgan fingerprint density at radius 3 is 1.58 bits per heavy atom. The van der Waals surface area contributed by atoms with Crippen molar-refractivity contribution in [3.05, 3.63) is 215 Å². The van der Waals surface area contributed by atoms with Crippen LogP contribution in [0.25, 0.3) is 55.2 Å². The Morgan fingerprint density at radius 2 is 0.959 bits per heavy atom. The maximum Gasteiger partial charge on any atom is 0.333 e. The predicted octanol–water partition coefficient (Wildman–Crippen LogP) is 17.8. The van der Waals surface area contributed by atoms with Crippen molar-refractivity contribution in [2.24, 2.45) is 0 Å². The highest BCUT2D eigenvalue weighted by atomic mass is 15.2. The highest BCUT2D eigenvalue weighted by Gasteiger charge is 2.44. The zero-order valence-electron chi connectivity index (χ0n) is 44.7. The molecule has 10 aromatic rings. The van der Waals surface area contributed by atoms with Gasteiger partial charge in [0.1, 0.15) is 0 Å². The van der Waals surface area contributed by atoms with Gasteiger partial charge in [0, 0.05) is 61.4 Å². The van der Waals surface area contributed by atoms with Crippen LogP contribution in [0.1, 0.15) is 95.7 Å². The molecule has 0 atom stereocenters. The van der Waals surface area contributed by atoms with E-state index in [1.165, 1.54) is 111 Å². The lowest BCUT2D eigenvalue weighted by molar-refractivity contribution is 0.590. The lowest BCUT2D eigenvalue weighted by atomic mass is 9.45. The number of nitrogens with zero attached hydrogens (tertiary/aromatic N) is 3. The first-order valence-electron chi connectivity index (χ1n) is 26.3. The van der Waals surface area contributed by atoms with Crippen LogP contribution >= 0.6 is 0 Å². The third-order valence-corrected chi connectivity index (χ3v) is 15.8. The number of para-hydroxylation sites is 2. The van der Waals surface area contributed by atoms with E-state index in [4.69, 9.17) is 0 Å². The molecule has 0 radical (unpaired) electrons. The summed E-state index contributed by atoms with van der Waals surface area (Å²) in [7, 11) is 0. The summed E-state index contributed by atoms with van der Waals surface area (Å²) in [6.07, 6.45) is 0. The van der Waals surface area contributed by atoms with Gasteiger partial charge in [-0.05, 0) is 189 Å². The quantitative estimate of drug-likeness (QED) is 0.154. The Labute approximate surface area is 433 Å². The summed E-state index contributed by atoms with van der Waals surface area (Å²) >= 11 is 0. The average Bonchev–Trinajstić information content (AvgIpc) is 3.68. The third-order valence-electron chi connectivity index (χ3n) is 15.8. The topological polar surface area (TPSA) is 11.4 Å². The van der Waals surface area contributed by atoms with E-state index in [1.54, 1.807) is 0 Å². The summed E-state index contributed by atoms with van der Waals surface area (Å²) in [5.41, 5.74) is 27.4. The number of rotatable bonds is 6. The number of aromatic nitrogens is 1. The summed E-state index contributed by atoms with van der Waals surface area (Å²) in [6.45, 7) is 27.8. The molecule has 0 bridgehead atoms. The van der Waals surface area contributed by atoms with Gasteiger partial charge in [-0.25, -0.2) is 0 Å². The molecule has 12 rings (SSSR count). The van der Waals surface area contributed by atoms with Crippen LogP contribution in [-0.2, 0) is 16.2 Å². The van der Waals surface area contributed by atoms with Gasteiger partial charge in [-0.1, -0.05) is 159 Å². The Balaban J connectivity index is 1.27. The number of hydrogen-bond donors (Lipinski definition) is 0. The zero-order valence-corrected chi connectivity index (χ0v) is 44.7. The minimum Gasteiger partial charge on any atom is -0.375 e. The van der Waals surface area contributed by atoms with Crippen molar-refractivity contribution in [1.82, 2.24) is 4.48 Å². The van der Waals surface area contributed by atoms with Gasteiger partial charge < -0.3 is 14.3 Å². The van der Waals surface area contributed by atoms with E-state index in [-0.39, 0.29) is 23.1 Å². The second-order valence-corrected chi connectivity index (χ2v) is 24.1. The molecule has 0 aliphatic carbocycles. The first-order valence-corrected chi connectivity index (χ1v) is 26.3. The fraction of sp³-hybridized carbons (Fsp3) is 0.217. The summed E-state index contributed by atoms with van der Waals surface area (Å²) in [4.78, 5) is 5.06. The molecular formula is C69H66BN3. The van der Waals surface area contributed by atoms with Crippen molar-refractivity contribution in [2.75, 3.05) is 9.80 Å². The molecule has 0 spiro atoms. The second-order valence-electron chi connectivity index (χ2n) is 24.1. The molecular weight excluding hydrogens is 882 g/mol. The van der Waals surface area contributed by atoms with E-state index in [0.717, 1.165) is 22.7 Å². The van der Waals surface area contributed by atoms with Crippen LogP contribution in [0, 0.1) is 20.8 Å². The lowest BCUT2D eigenvalue weighted by Gasteiger charge is -2.42. The number of hydrogen-bond acceptors (Lipinski definition) is 2. The number of fused-ring (bicyclic) bond motifs is 7. The van der Waals surface area contributed by atoms with Gasteiger partial charge in [0.05, 0.1) is 5.69 Å². The largest absolute Gasteiger partial charge is 0.375 e. The van der Waals surface area contributed by atoms with Gasteiger partial charge in [0.2, 0.25) is 0 Å². The fourth-order valence-corrected chi connectivity index (χ4v) is 12.2. The molecule has 2 aliphatic rings. The summed E-state index contributed by atoms with van der Waals surface area (Å²) in [5, 5.41) is 2.64. The standard InChI is InChI=1S/C69H66BN3/c1-43-34-44(2)64(45(3)35-43)47-36-56-58-41-50(69(10,11)12)40-57-55-39-49(68(7,8)9)29-32-61(55)73(66(57)58)70-59-42-53(71(51-24-18-14-19-25-51)52-26-20-15-21-27-52)30-33-62(59)72(63(37-47)65(56)70)60-31-28-48(67(4,5)6)38-54(60)46-22-16-13-17-23-46/h13-42H,1-12H3. The van der Waals surface area contributed by atoms with E-state index in [0.29, 0.717) is 0 Å². The van der Waals surface area contributed by atoms with Crippen LogP contribution in [0.5, 0.6) is 0 Å². The number of benzene rings is 9. The summed E-state index contributed by atoms with van der Waals surface area (Å²) in [5.74, 6) is 0. The van der Waals surface area contributed by atoms with E-state index < -0.39 is 0 Å². The fourth-order valence-electron chi connectivity index (χ4n) is 12.2. The number of anilines is 6. The van der Waals surface area contributed by atoms with Crippen LogP contribution in [0.4, 0.5) is 34.1 Å². The smallest absolute Gasteiger partial charge is 0.333 e. The van der Waals surface area contributed by atoms with Crippen molar-refractivity contribution in [3.8, 4) is 33.4 Å². The highest BCUT2D eigenvalue weighted by Crippen LogP contribution is 2.51. The Bertz CT molecular complexity index is 3760. The molecule has 0 fully saturated rings. The van der Waals surface area contributed by atoms with Crippen molar-refractivity contribution in [2.45, 2.75) is 99.3 Å². The normalized spacial score (nSPS) is 13.2. The van der Waals surface area contributed by atoms with E-state index in [9.17, 15) is 0 Å². The molecule has 0 N–H and O–H groups in total. The van der Waals surface area contributed by atoms with E-state index in [2.05, 4.69) is 279 Å². The molecule has 360 valence electrons. The third kappa shape index (κ3) is 7.63. The molecule has 0 saturated carbocycles. The number of aryl methyl sites for hydroxylation is 3. The molecule has 9 aromatic carbocycles. The summed E-state index contributed by atoms with van der Waals surface area (Å²) < 4.78 is 2.74. The van der Waals surface area contributed by atoms with Gasteiger partial charge in [-0.3, -0.25) is 0 Å². The van der Waals surface area contributed by atoms with Crippen molar-refractivity contribution >= 4 is 73.7 Å². The Hall–Kier alpha value is -7.56. The Kier molecular flexibility index (Phi) is 10.7. The SMILES string of the molecule is Cc1cc(C)c(-c2cc3c4c(c2)N(c2ccc(C(C)(C)C)cc2-c2ccccc2)c2ccc(N(c5ccccc5)c5ccccc5)cc2B4n2c4ccc(C(C)(C)C)cc4c4cc(C(C)(C)C)cc-3c42)c(C)c1.